The van der Waals surface area contributed by atoms with E-state index in [1.54, 1.807) is 0 Å². The van der Waals surface area contributed by atoms with E-state index in [2.05, 4.69) is 30.3 Å². The zero-order chi connectivity index (χ0) is 19.2. The third kappa shape index (κ3) is 3.06. The van der Waals surface area contributed by atoms with Crippen LogP contribution in [0.15, 0.2) is 121 Å². The molecule has 0 heterocycles. The third-order valence-electron chi connectivity index (χ3n) is 5.08. The van der Waals surface area contributed by atoms with E-state index < -0.39 is 5.41 Å². The molecule has 28 heavy (non-hydrogen) atoms. The molecular formula is C27H20N+. The number of nitriles is 1. The first-order valence-corrected chi connectivity index (χ1v) is 9.37. The molecule has 0 fully saturated rings. The summed E-state index contributed by atoms with van der Waals surface area (Å²) in [6, 6.07) is 43.3. The fourth-order valence-corrected chi connectivity index (χ4v) is 3.83. The fraction of sp³-hybridized carbons (Fsp3) is 0.0370. The predicted molar refractivity (Wildman–Crippen MR) is 114 cm³/mol. The Morgan fingerprint density at radius 1 is 0.500 bits per heavy atom. The second-order valence-electron chi connectivity index (χ2n) is 6.70. The van der Waals surface area contributed by atoms with Crippen molar-refractivity contribution in [3.63, 3.8) is 0 Å². The minimum atomic E-state index is -0.925. The van der Waals surface area contributed by atoms with Crippen molar-refractivity contribution in [3.05, 3.63) is 149 Å². The third-order valence-corrected chi connectivity index (χ3v) is 5.08. The summed E-state index contributed by atoms with van der Waals surface area (Å²) >= 11 is 0. The summed E-state index contributed by atoms with van der Waals surface area (Å²) in [5, 5.41) is 10.7. The Labute approximate surface area is 166 Å². The van der Waals surface area contributed by atoms with Gasteiger partial charge in [0, 0.05) is 24.3 Å². The highest BCUT2D eigenvalue weighted by Gasteiger charge is 2.48. The lowest BCUT2D eigenvalue weighted by atomic mass is 9.62. The molecule has 0 radical (unpaired) electrons. The summed E-state index contributed by atoms with van der Waals surface area (Å²) in [6.07, 6.45) is 0. The Bertz CT molecular complexity index is 970. The Kier molecular flexibility index (Phi) is 4.95. The average molecular weight is 358 g/mol. The maximum Gasteiger partial charge on any atom is 0.161 e. The Balaban J connectivity index is 2.07. The van der Waals surface area contributed by atoms with Gasteiger partial charge in [-0.1, -0.05) is 60.7 Å². The Morgan fingerprint density at radius 3 is 1.14 bits per heavy atom. The first-order valence-electron chi connectivity index (χ1n) is 9.37. The molecule has 132 valence electrons. The number of hydrogen-bond acceptors (Lipinski definition) is 1. The topological polar surface area (TPSA) is 23.8 Å². The maximum atomic E-state index is 10.7. The van der Waals surface area contributed by atoms with Gasteiger partial charge in [-0.15, -0.1) is 0 Å². The fourth-order valence-electron chi connectivity index (χ4n) is 3.83. The predicted octanol–water partition coefficient (Wildman–Crippen LogP) is 6.17. The highest BCUT2D eigenvalue weighted by atomic mass is 14.5. The van der Waals surface area contributed by atoms with Crippen LogP contribution >= 0.6 is 0 Å². The van der Waals surface area contributed by atoms with Gasteiger partial charge >= 0.3 is 0 Å². The maximum absolute atomic E-state index is 10.7. The van der Waals surface area contributed by atoms with Crippen LogP contribution in [0.1, 0.15) is 22.3 Å². The van der Waals surface area contributed by atoms with E-state index >= 15 is 0 Å². The second kappa shape index (κ2) is 7.86. The van der Waals surface area contributed by atoms with Crippen LogP contribution in [0.5, 0.6) is 0 Å². The van der Waals surface area contributed by atoms with Gasteiger partial charge in [0.05, 0.1) is 23.1 Å². The van der Waals surface area contributed by atoms with Crippen molar-refractivity contribution in [1.82, 2.24) is 0 Å². The standard InChI is InChI=1S/C27H20N/c28-21-27(24-17-9-3-10-18-24,25-19-11-4-12-20-25)26(22-13-5-1-6-14-22)23-15-7-2-8-16-23/h1-20H/q+1. The summed E-state index contributed by atoms with van der Waals surface area (Å²) < 4.78 is 0. The summed E-state index contributed by atoms with van der Waals surface area (Å²) in [5.74, 6) is 0.994. The van der Waals surface area contributed by atoms with Crippen molar-refractivity contribution in [3.8, 4) is 6.07 Å². The van der Waals surface area contributed by atoms with Gasteiger partial charge in [0.25, 0.3) is 0 Å². The van der Waals surface area contributed by atoms with E-state index in [4.69, 9.17) is 0 Å². The molecule has 1 nitrogen and oxygen atoms in total. The van der Waals surface area contributed by atoms with Crippen molar-refractivity contribution in [2.24, 2.45) is 0 Å². The highest BCUT2D eigenvalue weighted by Crippen LogP contribution is 2.47. The molecule has 4 aromatic rings. The number of nitrogens with zero attached hydrogens (tertiary/aromatic N) is 1. The van der Waals surface area contributed by atoms with Crippen molar-refractivity contribution in [2.75, 3.05) is 0 Å². The molecule has 0 aliphatic carbocycles. The molecule has 0 N–H and O–H groups in total. The Morgan fingerprint density at radius 2 is 0.821 bits per heavy atom. The van der Waals surface area contributed by atoms with E-state index in [0.29, 0.717) is 0 Å². The van der Waals surface area contributed by atoms with Crippen molar-refractivity contribution in [2.45, 2.75) is 5.41 Å². The van der Waals surface area contributed by atoms with Gasteiger partial charge in [-0.25, -0.2) is 0 Å². The summed E-state index contributed by atoms with van der Waals surface area (Å²) in [5.41, 5.74) is 3.09. The smallest absolute Gasteiger partial charge is 0.161 e. The Hall–Kier alpha value is -3.76. The van der Waals surface area contributed by atoms with E-state index in [0.717, 1.165) is 28.2 Å². The molecule has 0 amide bonds. The molecule has 0 unspecified atom stereocenters. The zero-order valence-corrected chi connectivity index (χ0v) is 15.5. The lowest BCUT2D eigenvalue weighted by Crippen LogP contribution is -2.35. The minimum absolute atomic E-state index is 0.925. The molecule has 0 aliphatic heterocycles. The average Bonchev–Trinajstić information content (AvgIpc) is 2.80. The number of benzene rings is 4. The summed E-state index contributed by atoms with van der Waals surface area (Å²) in [4.78, 5) is 0. The van der Waals surface area contributed by atoms with Gasteiger partial charge < -0.3 is 0 Å². The van der Waals surface area contributed by atoms with Crippen molar-refractivity contribution >= 4 is 0 Å². The van der Waals surface area contributed by atoms with Crippen LogP contribution in [0.2, 0.25) is 0 Å². The van der Waals surface area contributed by atoms with Crippen LogP contribution in [-0.4, -0.2) is 0 Å². The zero-order valence-electron chi connectivity index (χ0n) is 15.5. The first-order chi connectivity index (χ1) is 13.9. The van der Waals surface area contributed by atoms with Gasteiger partial charge in [-0.05, 0) is 47.5 Å². The molecule has 4 aromatic carbocycles. The molecule has 0 saturated heterocycles. The van der Waals surface area contributed by atoms with Crippen LogP contribution in [0.25, 0.3) is 0 Å². The van der Waals surface area contributed by atoms with E-state index in [1.807, 2.05) is 97.1 Å². The van der Waals surface area contributed by atoms with Crippen LogP contribution in [0.3, 0.4) is 0 Å². The van der Waals surface area contributed by atoms with Crippen molar-refractivity contribution in [1.29, 1.82) is 5.26 Å². The van der Waals surface area contributed by atoms with Crippen molar-refractivity contribution < 1.29 is 0 Å². The van der Waals surface area contributed by atoms with E-state index in [9.17, 15) is 5.26 Å². The number of rotatable bonds is 5. The molecule has 0 aliphatic rings. The molecule has 0 bridgehead atoms. The van der Waals surface area contributed by atoms with Crippen LogP contribution in [-0.2, 0) is 5.41 Å². The molecule has 0 atom stereocenters. The first kappa shape index (κ1) is 17.6. The second-order valence-corrected chi connectivity index (χ2v) is 6.70. The van der Waals surface area contributed by atoms with E-state index in [1.165, 1.54) is 0 Å². The van der Waals surface area contributed by atoms with Gasteiger partial charge in [0.2, 0.25) is 0 Å². The summed E-state index contributed by atoms with van der Waals surface area (Å²) in [6.45, 7) is 0. The molecule has 0 saturated carbocycles. The van der Waals surface area contributed by atoms with Gasteiger partial charge in [-0.3, -0.25) is 0 Å². The molecular weight excluding hydrogens is 338 g/mol. The minimum Gasteiger partial charge on any atom is -0.196 e. The molecule has 4 rings (SSSR count). The van der Waals surface area contributed by atoms with Gasteiger partial charge in [0.15, 0.2) is 5.41 Å². The van der Waals surface area contributed by atoms with Crippen LogP contribution in [0.4, 0.5) is 0 Å². The van der Waals surface area contributed by atoms with Crippen LogP contribution in [0, 0.1) is 17.2 Å². The largest absolute Gasteiger partial charge is 0.196 e. The molecule has 1 heteroatoms. The van der Waals surface area contributed by atoms with Gasteiger partial charge in [-0.2, -0.15) is 5.26 Å². The number of hydrogen-bond donors (Lipinski definition) is 0. The quantitative estimate of drug-likeness (QED) is 0.392. The molecule has 0 aromatic heterocycles. The normalized spacial score (nSPS) is 10.8. The van der Waals surface area contributed by atoms with Crippen LogP contribution < -0.4 is 0 Å². The lowest BCUT2D eigenvalue weighted by Gasteiger charge is -2.33. The highest BCUT2D eigenvalue weighted by molar-refractivity contribution is 5.64. The van der Waals surface area contributed by atoms with E-state index in [-0.39, 0.29) is 0 Å². The SMILES string of the molecule is N#CC(c1ccccc1)(c1ccccc1)[C+](c1ccccc1)c1ccccc1. The lowest BCUT2D eigenvalue weighted by molar-refractivity contribution is 0.714. The summed E-state index contributed by atoms with van der Waals surface area (Å²) in [7, 11) is 0. The van der Waals surface area contributed by atoms with Gasteiger partial charge in [0.1, 0.15) is 0 Å². The monoisotopic (exact) mass is 358 g/mol. The molecule has 0 spiro atoms.